The fraction of sp³-hybridized carbons (Fsp3) is 0.568. The highest BCUT2D eigenvalue weighted by molar-refractivity contribution is 7.86. The van der Waals surface area contributed by atoms with Gasteiger partial charge in [-0.2, -0.15) is 17.0 Å². The maximum absolute atomic E-state index is 14.2. The summed E-state index contributed by atoms with van der Waals surface area (Å²) in [6, 6.07) is 14.8. The van der Waals surface area contributed by atoms with Gasteiger partial charge in [-0.3, -0.25) is 19.2 Å². The lowest BCUT2D eigenvalue weighted by Gasteiger charge is -2.34. The molecule has 15 heteroatoms. The van der Waals surface area contributed by atoms with E-state index in [1.807, 2.05) is 67.6 Å². The van der Waals surface area contributed by atoms with E-state index in [-0.39, 0.29) is 36.1 Å². The molecule has 3 saturated heterocycles. The minimum absolute atomic E-state index is 0.0136. The number of rotatable bonds is 16. The molecular weight excluding hydrogens is 685 g/mol. The number of nitrogens with one attached hydrogen (secondary N) is 2. The Morgan fingerprint density at radius 1 is 0.885 bits per heavy atom. The summed E-state index contributed by atoms with van der Waals surface area (Å²) < 4.78 is 28.1. The molecule has 6 N–H and O–H groups in total. The first kappa shape index (κ1) is 39.3. The van der Waals surface area contributed by atoms with Crippen LogP contribution in [-0.4, -0.2) is 127 Å². The number of hydrogen-bond donors (Lipinski definition) is 4. The Morgan fingerprint density at radius 3 is 2.02 bits per heavy atom. The monoisotopic (exact) mass is 738 g/mol. The van der Waals surface area contributed by atoms with Gasteiger partial charge in [-0.05, 0) is 68.5 Å². The topological polar surface area (TPSA) is 191 Å². The van der Waals surface area contributed by atoms with E-state index in [9.17, 15) is 27.6 Å². The second-order valence-corrected chi connectivity index (χ2v) is 16.8. The van der Waals surface area contributed by atoms with Gasteiger partial charge < -0.3 is 31.9 Å². The minimum atomic E-state index is -3.55. The maximum Gasteiger partial charge on any atom is 0.281 e. The molecule has 7 atom stereocenters. The molecule has 0 aromatic heterocycles. The van der Waals surface area contributed by atoms with Crippen molar-refractivity contribution in [2.75, 3.05) is 46.8 Å². The molecule has 5 rings (SSSR count). The highest BCUT2D eigenvalue weighted by Crippen LogP contribution is 2.35. The summed E-state index contributed by atoms with van der Waals surface area (Å²) in [6.07, 6.45) is 2.55. The number of amides is 4. The zero-order chi connectivity index (χ0) is 37.6. The minimum Gasteiger partial charge on any atom is -0.343 e. The van der Waals surface area contributed by atoms with Crippen molar-refractivity contribution < 1.29 is 27.6 Å². The lowest BCUT2D eigenvalue weighted by molar-refractivity contribution is -0.145. The Morgan fingerprint density at radius 2 is 1.46 bits per heavy atom. The summed E-state index contributed by atoms with van der Waals surface area (Å²) in [4.78, 5) is 58.8. The van der Waals surface area contributed by atoms with E-state index in [4.69, 9.17) is 11.5 Å². The van der Waals surface area contributed by atoms with E-state index in [0.29, 0.717) is 64.8 Å². The summed E-state index contributed by atoms with van der Waals surface area (Å²) in [7, 11) is -0.523. The molecule has 3 aliphatic heterocycles. The standard InChI is InChI=1S/C37H54N8O6S/c1-25-18-32(41-35(47)31(20-27-14-8-5-9-15-27)40-34(46)30(39)19-26-12-6-4-7-13-26)36(48)45(25)33(16-10-11-17-38)37(49)43-21-28-23-44(24-29(28)22-43)52(50,51)42(2)3/h4-9,12-15,25,28-33H,10-11,16-24,38-39H2,1-3H3,(H,40,46)(H,41,47). The van der Waals surface area contributed by atoms with Gasteiger partial charge in [0.25, 0.3) is 10.2 Å². The molecule has 3 aliphatic rings. The van der Waals surface area contributed by atoms with Crippen molar-refractivity contribution in [3.05, 3.63) is 71.8 Å². The van der Waals surface area contributed by atoms with Crippen molar-refractivity contribution in [3.63, 3.8) is 0 Å². The summed E-state index contributed by atoms with van der Waals surface area (Å²) >= 11 is 0. The second-order valence-electron chi connectivity index (χ2n) is 14.6. The number of carbonyl (C=O) groups is 4. The lowest BCUT2D eigenvalue weighted by Crippen LogP contribution is -2.56. The third-order valence-corrected chi connectivity index (χ3v) is 12.4. The van der Waals surface area contributed by atoms with Gasteiger partial charge in [0.1, 0.15) is 18.1 Å². The van der Waals surface area contributed by atoms with Gasteiger partial charge in [0.05, 0.1) is 6.04 Å². The summed E-state index contributed by atoms with van der Waals surface area (Å²) in [5.74, 6) is -1.47. The van der Waals surface area contributed by atoms with E-state index >= 15 is 0 Å². The predicted octanol–water partition coefficient (Wildman–Crippen LogP) is 0.0837. The van der Waals surface area contributed by atoms with Crippen LogP contribution in [0.25, 0.3) is 0 Å². The molecule has 3 fully saturated rings. The first-order valence-corrected chi connectivity index (χ1v) is 19.6. The van der Waals surface area contributed by atoms with Crippen molar-refractivity contribution >= 4 is 33.8 Å². The van der Waals surface area contributed by atoms with E-state index in [0.717, 1.165) is 11.1 Å². The van der Waals surface area contributed by atoms with Crippen LogP contribution in [0.1, 0.15) is 43.7 Å². The van der Waals surface area contributed by atoms with Crippen LogP contribution in [0.3, 0.4) is 0 Å². The van der Waals surface area contributed by atoms with Gasteiger partial charge in [0.2, 0.25) is 23.6 Å². The lowest BCUT2D eigenvalue weighted by atomic mass is 10.0. The summed E-state index contributed by atoms with van der Waals surface area (Å²) in [5.41, 5.74) is 13.8. The molecule has 2 aromatic rings. The SMILES string of the molecule is CC1CC(NC(=O)C(Cc2ccccc2)NC(=O)C(N)Cc2ccccc2)C(=O)N1C(CCCCN)C(=O)N1CC2CN(S(=O)(=O)N(C)C)CC2C1. The number of carbonyl (C=O) groups excluding carboxylic acids is 4. The Labute approximate surface area is 307 Å². The molecule has 0 spiro atoms. The van der Waals surface area contributed by atoms with Gasteiger partial charge in [-0.1, -0.05) is 60.7 Å². The van der Waals surface area contributed by atoms with Gasteiger partial charge in [-0.25, -0.2) is 0 Å². The van der Waals surface area contributed by atoms with Crippen LogP contribution in [0.5, 0.6) is 0 Å². The zero-order valence-corrected chi connectivity index (χ0v) is 31.2. The molecule has 4 amide bonds. The van der Waals surface area contributed by atoms with E-state index < -0.39 is 46.2 Å². The van der Waals surface area contributed by atoms with E-state index in [2.05, 4.69) is 10.6 Å². The van der Waals surface area contributed by atoms with Gasteiger partial charge in [0, 0.05) is 52.7 Å². The number of hydrogen-bond acceptors (Lipinski definition) is 8. The number of unbranched alkanes of at least 4 members (excludes halogenated alkanes) is 1. The number of likely N-dealkylation sites (tertiary alicyclic amines) is 2. The highest BCUT2D eigenvalue weighted by atomic mass is 32.2. The molecule has 2 aromatic carbocycles. The maximum atomic E-state index is 14.2. The first-order chi connectivity index (χ1) is 24.8. The van der Waals surface area contributed by atoms with E-state index in [1.165, 1.54) is 22.7 Å². The van der Waals surface area contributed by atoms with Gasteiger partial charge in [0.15, 0.2) is 0 Å². The summed E-state index contributed by atoms with van der Waals surface area (Å²) in [6.45, 7) is 3.86. The largest absolute Gasteiger partial charge is 0.343 e. The third kappa shape index (κ3) is 9.18. The highest BCUT2D eigenvalue weighted by Gasteiger charge is 2.49. The molecule has 0 bridgehead atoms. The average molecular weight is 739 g/mol. The Bertz CT molecular complexity index is 1650. The van der Waals surface area contributed by atoms with Crippen LogP contribution in [0, 0.1) is 11.8 Å². The van der Waals surface area contributed by atoms with E-state index in [1.54, 1.807) is 9.80 Å². The van der Waals surface area contributed by atoms with Crippen LogP contribution in [-0.2, 0) is 42.2 Å². The Kier molecular flexibility index (Phi) is 13.1. The average Bonchev–Trinajstić information content (AvgIpc) is 3.79. The van der Waals surface area contributed by atoms with Crippen LogP contribution in [0.15, 0.2) is 60.7 Å². The Hall–Kier alpha value is -3.89. The van der Waals surface area contributed by atoms with Gasteiger partial charge >= 0.3 is 0 Å². The summed E-state index contributed by atoms with van der Waals surface area (Å²) in [5, 5.41) is 5.73. The molecule has 7 unspecified atom stereocenters. The van der Waals surface area contributed by atoms with Crippen molar-refractivity contribution in [1.29, 1.82) is 0 Å². The molecule has 0 aliphatic carbocycles. The van der Waals surface area contributed by atoms with Crippen molar-refractivity contribution in [3.8, 4) is 0 Å². The second kappa shape index (κ2) is 17.3. The predicted molar refractivity (Wildman–Crippen MR) is 197 cm³/mol. The molecule has 0 saturated carbocycles. The molecule has 3 heterocycles. The van der Waals surface area contributed by atoms with Crippen molar-refractivity contribution in [1.82, 2.24) is 29.0 Å². The zero-order valence-electron chi connectivity index (χ0n) is 30.4. The number of nitrogens with zero attached hydrogens (tertiary/aromatic N) is 4. The van der Waals surface area contributed by atoms with Crippen LogP contribution < -0.4 is 22.1 Å². The number of fused-ring (bicyclic) bond motifs is 1. The smallest absolute Gasteiger partial charge is 0.281 e. The van der Waals surface area contributed by atoms with Crippen LogP contribution in [0.2, 0.25) is 0 Å². The number of benzene rings is 2. The van der Waals surface area contributed by atoms with Crippen molar-refractivity contribution in [2.24, 2.45) is 23.3 Å². The van der Waals surface area contributed by atoms with Crippen LogP contribution in [0.4, 0.5) is 0 Å². The third-order valence-electron chi connectivity index (χ3n) is 10.6. The molecule has 14 nitrogen and oxygen atoms in total. The molecular formula is C37H54N8O6S. The molecule has 0 radical (unpaired) electrons. The normalized spacial score (nSPS) is 23.8. The van der Waals surface area contributed by atoms with Crippen LogP contribution >= 0.6 is 0 Å². The van der Waals surface area contributed by atoms with Crippen molar-refractivity contribution in [2.45, 2.75) is 75.7 Å². The first-order valence-electron chi connectivity index (χ1n) is 18.2. The Balaban J connectivity index is 1.27. The van der Waals surface area contributed by atoms with Gasteiger partial charge in [-0.15, -0.1) is 0 Å². The molecule has 52 heavy (non-hydrogen) atoms. The fourth-order valence-electron chi connectivity index (χ4n) is 7.73. The fourth-order valence-corrected chi connectivity index (χ4v) is 8.95. The quantitative estimate of drug-likeness (QED) is 0.174. The molecule has 284 valence electrons. The number of nitrogens with two attached hydrogens (primary N) is 2.